The molecule has 7 atom stereocenters. The molecule has 0 radical (unpaired) electrons. The van der Waals surface area contributed by atoms with Gasteiger partial charge in [-0.2, -0.15) is 0 Å². The fraction of sp³-hybridized carbons (Fsp3) is 0.593. The van der Waals surface area contributed by atoms with E-state index in [4.69, 9.17) is 19.1 Å². The van der Waals surface area contributed by atoms with Crippen molar-refractivity contribution in [2.45, 2.75) is 68.3 Å². The molecule has 1 aromatic carbocycles. The number of hydrogen-bond donors (Lipinski definition) is 8. The monoisotopic (exact) mass is 664 g/mol. The van der Waals surface area contributed by atoms with Crippen LogP contribution in [0.15, 0.2) is 41.9 Å². The number of carbonyl (C=O) groups excluding carboxylic acids is 3. The molecule has 2 rings (SSSR count). The standard InChI is InChI=1S/C27H40N2O17/c1-27(14-30,39-2)23(32)18(31)19(43-36)20(44-37)21(45-38)22(46-40-3)25(34)29-17-10-9-16(13-28-24(17)33)42-26(35)41-12-11-15-7-5-4-6-8-15/h4-8,16-17,19-22,30-32,36-38H,9-14H2,1-3H3,(H,28,33)(H,29,34)/b23-18+. The molecule has 2 amide bonds. The predicted octanol–water partition coefficient (Wildman–Crippen LogP) is 0.392. The van der Waals surface area contributed by atoms with Crippen molar-refractivity contribution in [3.8, 4) is 0 Å². The van der Waals surface area contributed by atoms with Gasteiger partial charge in [-0.05, 0) is 25.3 Å². The Morgan fingerprint density at radius 1 is 1.02 bits per heavy atom. The van der Waals surface area contributed by atoms with Gasteiger partial charge in [-0.1, -0.05) is 30.3 Å². The van der Waals surface area contributed by atoms with Crippen LogP contribution in [0.2, 0.25) is 0 Å². The Balaban J connectivity index is 2.11. The maximum Gasteiger partial charge on any atom is 0.508 e. The zero-order chi connectivity index (χ0) is 34.3. The molecule has 1 heterocycles. The highest BCUT2D eigenvalue weighted by Gasteiger charge is 2.48. The topological polar surface area (TPSA) is 270 Å². The number of rotatable bonds is 18. The van der Waals surface area contributed by atoms with Crippen LogP contribution in [-0.4, -0.2) is 125 Å². The van der Waals surface area contributed by atoms with Crippen LogP contribution in [0.4, 0.5) is 4.79 Å². The molecule has 1 aliphatic heterocycles. The first-order valence-corrected chi connectivity index (χ1v) is 13.8. The van der Waals surface area contributed by atoms with Crippen LogP contribution in [0, 0.1) is 0 Å². The number of methoxy groups -OCH3 is 1. The van der Waals surface area contributed by atoms with Gasteiger partial charge in [-0.15, -0.1) is 0 Å². The SMILES string of the molecule is COOC(C(=O)NC1CCC(OC(=O)OCCc2ccccc2)CNC1=O)C(OO)C(OO)C(OO)/C(O)=C(\O)C(C)(CO)OC. The van der Waals surface area contributed by atoms with E-state index in [0.29, 0.717) is 6.42 Å². The number of nitrogens with one attached hydrogen (secondary N) is 2. The highest BCUT2D eigenvalue weighted by atomic mass is 17.2. The van der Waals surface area contributed by atoms with Crippen molar-refractivity contribution >= 4 is 18.0 Å². The summed E-state index contributed by atoms with van der Waals surface area (Å²) in [6.45, 7) is 0.217. The van der Waals surface area contributed by atoms with E-state index in [1.54, 1.807) is 0 Å². The summed E-state index contributed by atoms with van der Waals surface area (Å²) in [5.41, 5.74) is -0.984. The van der Waals surface area contributed by atoms with Gasteiger partial charge in [-0.3, -0.25) is 25.4 Å². The molecule has 0 saturated carbocycles. The molecule has 0 aromatic heterocycles. The van der Waals surface area contributed by atoms with E-state index < -0.39 is 78.3 Å². The smallest absolute Gasteiger partial charge is 0.506 e. The molecule has 1 fully saturated rings. The molecule has 19 nitrogen and oxygen atoms in total. The van der Waals surface area contributed by atoms with E-state index in [-0.39, 0.29) is 26.0 Å². The second kappa shape index (κ2) is 19.1. The second-order valence-electron chi connectivity index (χ2n) is 10.1. The molecule has 0 bridgehead atoms. The molecule has 0 aliphatic carbocycles. The molecular weight excluding hydrogens is 624 g/mol. The normalized spacial score (nSPS) is 21.3. The highest BCUT2D eigenvalue weighted by Crippen LogP contribution is 2.27. The number of carbonyl (C=O) groups is 3. The quantitative estimate of drug-likeness (QED) is 0.0456. The van der Waals surface area contributed by atoms with Gasteiger partial charge < -0.3 is 40.2 Å². The van der Waals surface area contributed by atoms with E-state index >= 15 is 0 Å². The van der Waals surface area contributed by atoms with Crippen molar-refractivity contribution in [3.05, 3.63) is 47.4 Å². The minimum Gasteiger partial charge on any atom is -0.506 e. The molecule has 1 saturated heterocycles. The average molecular weight is 665 g/mol. The van der Waals surface area contributed by atoms with Crippen LogP contribution in [0.5, 0.6) is 0 Å². The molecule has 1 aromatic rings. The molecule has 260 valence electrons. The molecule has 7 unspecified atom stereocenters. The van der Waals surface area contributed by atoms with Crippen LogP contribution < -0.4 is 10.6 Å². The van der Waals surface area contributed by atoms with Gasteiger partial charge in [0.15, 0.2) is 29.8 Å². The zero-order valence-electron chi connectivity index (χ0n) is 25.3. The predicted molar refractivity (Wildman–Crippen MR) is 150 cm³/mol. The van der Waals surface area contributed by atoms with Gasteiger partial charge in [0.1, 0.15) is 17.7 Å². The van der Waals surface area contributed by atoms with Crippen LogP contribution >= 0.6 is 0 Å². The average Bonchev–Trinajstić information content (AvgIpc) is 3.23. The highest BCUT2D eigenvalue weighted by molar-refractivity contribution is 5.89. The Bertz CT molecular complexity index is 1130. The summed E-state index contributed by atoms with van der Waals surface area (Å²) >= 11 is 0. The lowest BCUT2D eigenvalue weighted by Gasteiger charge is -2.32. The summed E-state index contributed by atoms with van der Waals surface area (Å²) in [7, 11) is 2.02. The van der Waals surface area contributed by atoms with Crippen LogP contribution in [-0.2, 0) is 54.7 Å². The van der Waals surface area contributed by atoms with E-state index in [1.165, 1.54) is 0 Å². The van der Waals surface area contributed by atoms with Gasteiger partial charge in [0, 0.05) is 13.5 Å². The van der Waals surface area contributed by atoms with Crippen LogP contribution in [0.3, 0.4) is 0 Å². The van der Waals surface area contributed by atoms with Crippen molar-refractivity contribution in [1.29, 1.82) is 0 Å². The lowest BCUT2D eigenvalue weighted by atomic mass is 9.96. The van der Waals surface area contributed by atoms with E-state index in [9.17, 15) is 45.5 Å². The van der Waals surface area contributed by atoms with Crippen molar-refractivity contribution in [2.75, 3.05) is 34.0 Å². The van der Waals surface area contributed by atoms with E-state index in [1.807, 2.05) is 30.3 Å². The first-order chi connectivity index (χ1) is 22.0. The lowest BCUT2D eigenvalue weighted by Crippen LogP contribution is -2.57. The fourth-order valence-corrected chi connectivity index (χ4v) is 4.32. The van der Waals surface area contributed by atoms with E-state index in [2.05, 4.69) is 30.2 Å². The Morgan fingerprint density at radius 2 is 1.67 bits per heavy atom. The Morgan fingerprint density at radius 3 is 2.24 bits per heavy atom. The molecule has 46 heavy (non-hydrogen) atoms. The number of hydrogen-bond acceptors (Lipinski definition) is 17. The summed E-state index contributed by atoms with van der Waals surface area (Å²) < 4.78 is 15.3. The molecular formula is C27H40N2O17. The summed E-state index contributed by atoms with van der Waals surface area (Å²) in [6, 6.07) is 8.06. The number of aliphatic hydroxyl groups is 3. The molecule has 0 spiro atoms. The first-order valence-electron chi connectivity index (χ1n) is 13.8. The van der Waals surface area contributed by atoms with E-state index in [0.717, 1.165) is 26.7 Å². The van der Waals surface area contributed by atoms with Gasteiger partial charge in [0.05, 0.1) is 26.9 Å². The lowest BCUT2D eigenvalue weighted by molar-refractivity contribution is -0.419. The third-order valence-electron chi connectivity index (χ3n) is 7.13. The summed E-state index contributed by atoms with van der Waals surface area (Å²) in [4.78, 5) is 60.1. The maximum absolute atomic E-state index is 13.2. The minimum absolute atomic E-state index is 0.0552. The number of aliphatic hydroxyl groups excluding tert-OH is 3. The largest absolute Gasteiger partial charge is 0.508 e. The maximum atomic E-state index is 13.2. The molecule has 19 heteroatoms. The van der Waals surface area contributed by atoms with Crippen molar-refractivity contribution in [3.63, 3.8) is 0 Å². The van der Waals surface area contributed by atoms with Crippen molar-refractivity contribution in [1.82, 2.24) is 10.6 Å². The van der Waals surface area contributed by atoms with Crippen molar-refractivity contribution in [2.24, 2.45) is 0 Å². The van der Waals surface area contributed by atoms with Gasteiger partial charge >= 0.3 is 6.16 Å². The number of amides is 2. The Kier molecular flexibility index (Phi) is 16.0. The Hall–Kier alpha value is -3.63. The minimum atomic E-state index is -2.31. The zero-order valence-corrected chi connectivity index (χ0v) is 25.3. The van der Waals surface area contributed by atoms with Crippen LogP contribution in [0.1, 0.15) is 25.3 Å². The molecule has 8 N–H and O–H groups in total. The number of benzene rings is 1. The third kappa shape index (κ3) is 10.5. The Labute approximate surface area is 262 Å². The summed E-state index contributed by atoms with van der Waals surface area (Å²) in [5, 5.41) is 64.0. The third-order valence-corrected chi connectivity index (χ3v) is 7.13. The first kappa shape index (κ1) is 38.6. The van der Waals surface area contributed by atoms with Gasteiger partial charge in [0.25, 0.3) is 5.91 Å². The van der Waals surface area contributed by atoms with Gasteiger partial charge in [-0.25, -0.2) is 29.2 Å². The van der Waals surface area contributed by atoms with Gasteiger partial charge in [0.2, 0.25) is 12.0 Å². The second-order valence-corrected chi connectivity index (χ2v) is 10.1. The number of ether oxygens (including phenoxy) is 3. The summed E-state index contributed by atoms with van der Waals surface area (Å²) in [6.07, 6.45) is -10.2. The summed E-state index contributed by atoms with van der Waals surface area (Å²) in [5.74, 6) is -4.28. The van der Waals surface area contributed by atoms with Crippen molar-refractivity contribution < 1.29 is 84.1 Å². The molecule has 1 aliphatic rings. The van der Waals surface area contributed by atoms with Crippen LogP contribution in [0.25, 0.3) is 0 Å². The fourth-order valence-electron chi connectivity index (χ4n) is 4.32.